The van der Waals surface area contributed by atoms with Gasteiger partial charge in [0.1, 0.15) is 0 Å². The Kier molecular flexibility index (Phi) is 4.96. The van der Waals surface area contributed by atoms with Crippen LogP contribution < -0.4 is 10.6 Å². The molecule has 0 aliphatic heterocycles. The summed E-state index contributed by atoms with van der Waals surface area (Å²) in [5, 5.41) is 6.24. The van der Waals surface area contributed by atoms with Gasteiger partial charge in [0.2, 0.25) is 5.91 Å². The van der Waals surface area contributed by atoms with E-state index >= 15 is 0 Å². The number of rotatable bonds is 5. The number of carbonyl (C=O) groups excluding carboxylic acids is 1. The summed E-state index contributed by atoms with van der Waals surface area (Å²) in [7, 11) is 2.01. The van der Waals surface area contributed by atoms with Crippen molar-refractivity contribution in [2.45, 2.75) is 46.2 Å². The fraction of sp³-hybridized carbons (Fsp3) is 0.643. The molecule has 0 saturated heterocycles. The SMILES string of the molecule is Cc1ccc(CNC(=O)CCNC(C)(C)C)n1C. The van der Waals surface area contributed by atoms with Crippen LogP contribution >= 0.6 is 0 Å². The van der Waals surface area contributed by atoms with Crippen molar-refractivity contribution in [2.75, 3.05) is 6.54 Å². The van der Waals surface area contributed by atoms with Crippen LogP contribution in [0.3, 0.4) is 0 Å². The number of aromatic nitrogens is 1. The summed E-state index contributed by atoms with van der Waals surface area (Å²) in [6.07, 6.45) is 0.515. The first kappa shape index (κ1) is 14.8. The Hall–Kier alpha value is -1.29. The molecular formula is C14H25N3O. The molecule has 0 atom stereocenters. The Bertz CT molecular complexity index is 402. The maximum absolute atomic E-state index is 11.7. The van der Waals surface area contributed by atoms with Gasteiger partial charge in [-0.05, 0) is 39.8 Å². The van der Waals surface area contributed by atoms with Gasteiger partial charge in [0.25, 0.3) is 0 Å². The van der Waals surface area contributed by atoms with E-state index in [4.69, 9.17) is 0 Å². The van der Waals surface area contributed by atoms with E-state index < -0.39 is 0 Å². The fourth-order valence-corrected chi connectivity index (χ4v) is 1.67. The molecule has 0 bridgehead atoms. The standard InChI is InChI=1S/C14H25N3O/c1-11-6-7-12(17(11)5)10-15-13(18)8-9-16-14(2,3)4/h6-7,16H,8-10H2,1-5H3,(H,15,18). The molecule has 102 valence electrons. The number of carbonyl (C=O) groups is 1. The molecule has 0 aliphatic carbocycles. The number of hydrogen-bond donors (Lipinski definition) is 2. The zero-order valence-electron chi connectivity index (χ0n) is 12.1. The minimum absolute atomic E-state index is 0.0650. The Morgan fingerprint density at radius 2 is 2.00 bits per heavy atom. The zero-order chi connectivity index (χ0) is 13.8. The van der Waals surface area contributed by atoms with Crippen molar-refractivity contribution in [2.24, 2.45) is 7.05 Å². The molecule has 0 radical (unpaired) electrons. The molecule has 1 rings (SSSR count). The van der Waals surface area contributed by atoms with E-state index in [9.17, 15) is 4.79 Å². The third-order valence-corrected chi connectivity index (χ3v) is 2.95. The van der Waals surface area contributed by atoms with E-state index in [1.165, 1.54) is 5.69 Å². The number of aryl methyl sites for hydroxylation is 1. The van der Waals surface area contributed by atoms with Gasteiger partial charge in [-0.25, -0.2) is 0 Å². The van der Waals surface area contributed by atoms with Gasteiger partial charge in [0, 0.05) is 36.9 Å². The van der Waals surface area contributed by atoms with E-state index in [1.807, 2.05) is 13.1 Å². The molecule has 0 spiro atoms. The molecular weight excluding hydrogens is 226 g/mol. The molecule has 0 aromatic carbocycles. The lowest BCUT2D eigenvalue weighted by Crippen LogP contribution is -2.38. The first-order chi connectivity index (χ1) is 8.29. The minimum Gasteiger partial charge on any atom is -0.350 e. The van der Waals surface area contributed by atoms with Gasteiger partial charge in [-0.1, -0.05) is 0 Å². The van der Waals surface area contributed by atoms with E-state index in [0.29, 0.717) is 19.5 Å². The second kappa shape index (κ2) is 6.05. The Balaban J connectivity index is 2.27. The van der Waals surface area contributed by atoms with Crippen LogP contribution in [-0.4, -0.2) is 22.6 Å². The van der Waals surface area contributed by atoms with Crippen molar-refractivity contribution in [3.8, 4) is 0 Å². The van der Waals surface area contributed by atoms with Gasteiger partial charge >= 0.3 is 0 Å². The van der Waals surface area contributed by atoms with Crippen molar-refractivity contribution in [3.63, 3.8) is 0 Å². The molecule has 0 saturated carbocycles. The average molecular weight is 251 g/mol. The Morgan fingerprint density at radius 1 is 1.33 bits per heavy atom. The van der Waals surface area contributed by atoms with Crippen LogP contribution in [0.5, 0.6) is 0 Å². The highest BCUT2D eigenvalue weighted by Gasteiger charge is 2.09. The number of hydrogen-bond acceptors (Lipinski definition) is 2. The van der Waals surface area contributed by atoms with Crippen LogP contribution in [0.1, 0.15) is 38.6 Å². The zero-order valence-corrected chi connectivity index (χ0v) is 12.1. The molecule has 0 unspecified atom stereocenters. The molecule has 1 aromatic heterocycles. The van der Waals surface area contributed by atoms with Gasteiger partial charge in [0.15, 0.2) is 0 Å². The van der Waals surface area contributed by atoms with Crippen molar-refractivity contribution in [1.82, 2.24) is 15.2 Å². The smallest absolute Gasteiger partial charge is 0.221 e. The molecule has 1 aromatic rings. The van der Waals surface area contributed by atoms with Crippen LogP contribution in [0.25, 0.3) is 0 Å². The van der Waals surface area contributed by atoms with Gasteiger partial charge in [0.05, 0.1) is 6.54 Å². The predicted octanol–water partition coefficient (Wildman–Crippen LogP) is 1.73. The molecule has 4 heteroatoms. The summed E-state index contributed by atoms with van der Waals surface area (Å²) >= 11 is 0. The summed E-state index contributed by atoms with van der Waals surface area (Å²) in [5.41, 5.74) is 2.40. The van der Waals surface area contributed by atoms with Crippen LogP contribution in [0.2, 0.25) is 0 Å². The average Bonchev–Trinajstić information content (AvgIpc) is 2.55. The molecule has 4 nitrogen and oxygen atoms in total. The van der Waals surface area contributed by atoms with Crippen LogP contribution in [0, 0.1) is 6.92 Å². The topological polar surface area (TPSA) is 46.1 Å². The summed E-state index contributed by atoms with van der Waals surface area (Å²) in [5.74, 6) is 0.0885. The Morgan fingerprint density at radius 3 is 2.50 bits per heavy atom. The molecule has 0 fully saturated rings. The monoisotopic (exact) mass is 251 g/mol. The normalized spacial score (nSPS) is 11.6. The number of nitrogens with one attached hydrogen (secondary N) is 2. The first-order valence-corrected chi connectivity index (χ1v) is 6.42. The highest BCUT2D eigenvalue weighted by molar-refractivity contribution is 5.76. The molecule has 2 N–H and O–H groups in total. The van der Waals surface area contributed by atoms with E-state index in [2.05, 4.69) is 49.0 Å². The predicted molar refractivity (Wildman–Crippen MR) is 74.4 cm³/mol. The lowest BCUT2D eigenvalue weighted by molar-refractivity contribution is -0.121. The largest absolute Gasteiger partial charge is 0.350 e. The summed E-state index contributed by atoms with van der Waals surface area (Å²) in [6.45, 7) is 9.64. The van der Waals surface area contributed by atoms with Crippen LogP contribution in [-0.2, 0) is 18.4 Å². The van der Waals surface area contributed by atoms with Crippen LogP contribution in [0.15, 0.2) is 12.1 Å². The van der Waals surface area contributed by atoms with Gasteiger partial charge in [-0.15, -0.1) is 0 Å². The van der Waals surface area contributed by atoms with Crippen molar-refractivity contribution < 1.29 is 4.79 Å². The number of nitrogens with zero attached hydrogens (tertiary/aromatic N) is 1. The van der Waals surface area contributed by atoms with Crippen molar-refractivity contribution >= 4 is 5.91 Å². The molecule has 18 heavy (non-hydrogen) atoms. The summed E-state index contributed by atoms with van der Waals surface area (Å²) in [6, 6.07) is 4.10. The van der Waals surface area contributed by atoms with Crippen molar-refractivity contribution in [1.29, 1.82) is 0 Å². The summed E-state index contributed by atoms with van der Waals surface area (Å²) in [4.78, 5) is 11.7. The first-order valence-electron chi connectivity index (χ1n) is 6.42. The Labute approximate surface area is 110 Å². The fourth-order valence-electron chi connectivity index (χ4n) is 1.67. The molecule has 1 heterocycles. The quantitative estimate of drug-likeness (QED) is 0.837. The third kappa shape index (κ3) is 4.92. The molecule has 0 aliphatic rings. The van der Waals surface area contributed by atoms with Gasteiger partial charge in [-0.2, -0.15) is 0 Å². The highest BCUT2D eigenvalue weighted by atomic mass is 16.1. The minimum atomic E-state index is 0.0650. The maximum atomic E-state index is 11.7. The van der Waals surface area contributed by atoms with Crippen molar-refractivity contribution in [3.05, 3.63) is 23.5 Å². The third-order valence-electron chi connectivity index (χ3n) is 2.95. The van der Waals surface area contributed by atoms with E-state index in [-0.39, 0.29) is 11.4 Å². The van der Waals surface area contributed by atoms with E-state index in [1.54, 1.807) is 0 Å². The lowest BCUT2D eigenvalue weighted by Gasteiger charge is -2.20. The highest BCUT2D eigenvalue weighted by Crippen LogP contribution is 2.05. The van der Waals surface area contributed by atoms with E-state index in [0.717, 1.165) is 5.69 Å². The maximum Gasteiger partial charge on any atom is 0.221 e. The van der Waals surface area contributed by atoms with Gasteiger partial charge < -0.3 is 15.2 Å². The summed E-state index contributed by atoms with van der Waals surface area (Å²) < 4.78 is 2.09. The molecule has 1 amide bonds. The second-order valence-electron chi connectivity index (χ2n) is 5.73. The van der Waals surface area contributed by atoms with Gasteiger partial charge in [-0.3, -0.25) is 4.79 Å². The lowest BCUT2D eigenvalue weighted by atomic mass is 10.1. The van der Waals surface area contributed by atoms with Crippen LogP contribution in [0.4, 0.5) is 0 Å². The number of amides is 1. The second-order valence-corrected chi connectivity index (χ2v) is 5.73.